The summed E-state index contributed by atoms with van der Waals surface area (Å²) in [6, 6.07) is 22.9. The van der Waals surface area contributed by atoms with Crippen LogP contribution in [0.25, 0.3) is 5.57 Å². The molecule has 0 amide bonds. The van der Waals surface area contributed by atoms with Gasteiger partial charge >= 0.3 is 0 Å². The maximum Gasteiger partial charge on any atom is 0.261 e. The van der Waals surface area contributed by atoms with E-state index < -0.39 is 10.0 Å². The molecule has 0 spiro atoms. The standard InChI is InChI=1S/C23H20N2O3S/c1-17-7-13-20(14-8-17)29(26,27)25-23-6-4-3-5-22(23)21(15-16-24)18-9-11-19(28-2)12-10-18/h3-15,25H,1-2H3/b21-15+. The van der Waals surface area contributed by atoms with Crippen molar-refractivity contribution < 1.29 is 13.2 Å². The Morgan fingerprint density at radius 3 is 2.28 bits per heavy atom. The van der Waals surface area contributed by atoms with Crippen molar-refractivity contribution in [3.63, 3.8) is 0 Å². The van der Waals surface area contributed by atoms with Crippen molar-refractivity contribution in [1.29, 1.82) is 5.26 Å². The number of sulfonamides is 1. The minimum absolute atomic E-state index is 0.174. The van der Waals surface area contributed by atoms with Crippen molar-refractivity contribution in [3.8, 4) is 11.8 Å². The second-order valence-corrected chi connectivity index (χ2v) is 8.06. The van der Waals surface area contributed by atoms with E-state index in [2.05, 4.69) is 10.8 Å². The zero-order chi connectivity index (χ0) is 20.9. The summed E-state index contributed by atoms with van der Waals surface area (Å²) in [5.41, 5.74) is 3.36. The van der Waals surface area contributed by atoms with E-state index in [0.717, 1.165) is 11.1 Å². The van der Waals surface area contributed by atoms with Crippen LogP contribution in [0.2, 0.25) is 0 Å². The molecule has 0 heterocycles. The van der Waals surface area contributed by atoms with Gasteiger partial charge in [-0.05, 0) is 42.8 Å². The summed E-state index contributed by atoms with van der Waals surface area (Å²) >= 11 is 0. The fourth-order valence-corrected chi connectivity index (χ4v) is 3.96. The maximum atomic E-state index is 12.9. The van der Waals surface area contributed by atoms with Gasteiger partial charge in [-0.25, -0.2) is 8.42 Å². The van der Waals surface area contributed by atoms with Crippen molar-refractivity contribution in [2.75, 3.05) is 11.8 Å². The Morgan fingerprint density at radius 1 is 1.00 bits per heavy atom. The quantitative estimate of drug-likeness (QED) is 0.601. The highest BCUT2D eigenvalue weighted by atomic mass is 32.2. The Hall–Kier alpha value is -3.56. The normalized spacial score (nSPS) is 11.6. The number of nitriles is 1. The average Bonchev–Trinajstić information content (AvgIpc) is 2.73. The van der Waals surface area contributed by atoms with E-state index in [1.165, 1.54) is 6.08 Å². The summed E-state index contributed by atoms with van der Waals surface area (Å²) in [4.78, 5) is 0.174. The van der Waals surface area contributed by atoms with Gasteiger partial charge in [-0.2, -0.15) is 5.26 Å². The highest BCUT2D eigenvalue weighted by molar-refractivity contribution is 7.92. The Labute approximate surface area is 170 Å². The number of aryl methyl sites for hydroxylation is 1. The Balaban J connectivity index is 2.03. The highest BCUT2D eigenvalue weighted by Gasteiger charge is 2.18. The smallest absolute Gasteiger partial charge is 0.261 e. The lowest BCUT2D eigenvalue weighted by Crippen LogP contribution is -2.14. The summed E-state index contributed by atoms with van der Waals surface area (Å²) in [5, 5.41) is 9.30. The van der Waals surface area contributed by atoms with Crippen LogP contribution in [-0.2, 0) is 10.0 Å². The van der Waals surface area contributed by atoms with Crippen LogP contribution in [-0.4, -0.2) is 15.5 Å². The van der Waals surface area contributed by atoms with E-state index in [4.69, 9.17) is 4.74 Å². The van der Waals surface area contributed by atoms with Crippen molar-refractivity contribution in [1.82, 2.24) is 0 Å². The molecule has 0 aliphatic carbocycles. The molecule has 0 saturated heterocycles. The fourth-order valence-electron chi connectivity index (χ4n) is 2.88. The number of nitrogens with one attached hydrogen (secondary N) is 1. The topological polar surface area (TPSA) is 79.2 Å². The summed E-state index contributed by atoms with van der Waals surface area (Å²) in [6.45, 7) is 1.90. The lowest BCUT2D eigenvalue weighted by molar-refractivity contribution is 0.415. The molecule has 3 aromatic rings. The predicted octanol–water partition coefficient (Wildman–Crippen LogP) is 4.76. The molecule has 0 aliphatic rings. The van der Waals surface area contributed by atoms with E-state index >= 15 is 0 Å². The molecule has 146 valence electrons. The lowest BCUT2D eigenvalue weighted by atomic mass is 9.96. The van der Waals surface area contributed by atoms with Gasteiger partial charge in [0, 0.05) is 17.2 Å². The first-order chi connectivity index (χ1) is 13.9. The number of nitrogens with zero attached hydrogens (tertiary/aromatic N) is 1. The van der Waals surface area contributed by atoms with Crippen molar-refractivity contribution >= 4 is 21.3 Å². The molecule has 0 aliphatic heterocycles. The molecule has 6 heteroatoms. The van der Waals surface area contributed by atoms with Gasteiger partial charge in [0.05, 0.1) is 23.8 Å². The van der Waals surface area contributed by atoms with E-state index in [0.29, 0.717) is 22.6 Å². The van der Waals surface area contributed by atoms with Crippen molar-refractivity contribution in [2.45, 2.75) is 11.8 Å². The third-order valence-corrected chi connectivity index (χ3v) is 5.78. The third kappa shape index (κ3) is 4.65. The number of rotatable bonds is 6. The lowest BCUT2D eigenvalue weighted by Gasteiger charge is -2.15. The minimum Gasteiger partial charge on any atom is -0.497 e. The van der Waals surface area contributed by atoms with Gasteiger partial charge in [0.25, 0.3) is 10.0 Å². The van der Waals surface area contributed by atoms with Crippen LogP contribution in [0.15, 0.2) is 83.8 Å². The number of ether oxygens (including phenoxy) is 1. The zero-order valence-electron chi connectivity index (χ0n) is 16.1. The SMILES string of the molecule is COc1ccc(/C(=C\C#N)c2ccccc2NS(=O)(=O)c2ccc(C)cc2)cc1. The van der Waals surface area contributed by atoms with Crippen LogP contribution in [0.3, 0.4) is 0 Å². The Morgan fingerprint density at radius 2 is 1.66 bits per heavy atom. The first kappa shape index (κ1) is 20.2. The monoisotopic (exact) mass is 404 g/mol. The van der Waals surface area contributed by atoms with Gasteiger partial charge in [0.15, 0.2) is 0 Å². The number of para-hydroxylation sites is 1. The molecule has 0 bridgehead atoms. The number of methoxy groups -OCH3 is 1. The third-order valence-electron chi connectivity index (χ3n) is 4.40. The molecule has 0 unspecified atom stereocenters. The summed E-state index contributed by atoms with van der Waals surface area (Å²) < 4.78 is 33.5. The minimum atomic E-state index is -3.77. The van der Waals surface area contributed by atoms with Gasteiger partial charge in [0.2, 0.25) is 0 Å². The number of allylic oxidation sites excluding steroid dienone is 1. The first-order valence-electron chi connectivity index (χ1n) is 8.87. The molecular weight excluding hydrogens is 384 g/mol. The molecule has 5 nitrogen and oxygen atoms in total. The molecule has 0 radical (unpaired) electrons. The molecule has 29 heavy (non-hydrogen) atoms. The summed E-state index contributed by atoms with van der Waals surface area (Å²) in [7, 11) is -2.19. The van der Waals surface area contributed by atoms with Crippen LogP contribution in [0, 0.1) is 18.3 Å². The molecule has 0 atom stereocenters. The van der Waals surface area contributed by atoms with Gasteiger partial charge in [-0.1, -0.05) is 48.0 Å². The van der Waals surface area contributed by atoms with E-state index in [1.807, 2.05) is 19.1 Å². The predicted molar refractivity (Wildman–Crippen MR) is 114 cm³/mol. The van der Waals surface area contributed by atoms with Crippen LogP contribution >= 0.6 is 0 Å². The van der Waals surface area contributed by atoms with E-state index in [-0.39, 0.29) is 4.90 Å². The van der Waals surface area contributed by atoms with Gasteiger partial charge in [0.1, 0.15) is 5.75 Å². The van der Waals surface area contributed by atoms with Crippen molar-refractivity contribution in [3.05, 3.63) is 95.6 Å². The Bertz CT molecular complexity index is 1170. The second-order valence-electron chi connectivity index (χ2n) is 6.38. The van der Waals surface area contributed by atoms with Crippen molar-refractivity contribution in [2.24, 2.45) is 0 Å². The Kier molecular flexibility index (Phi) is 6.01. The number of hydrogen-bond acceptors (Lipinski definition) is 4. The molecular formula is C23H20N2O3S. The first-order valence-corrected chi connectivity index (χ1v) is 10.4. The maximum absolute atomic E-state index is 12.9. The van der Waals surface area contributed by atoms with E-state index in [1.54, 1.807) is 67.8 Å². The van der Waals surface area contributed by atoms with Crippen LogP contribution in [0.5, 0.6) is 5.75 Å². The molecule has 3 aromatic carbocycles. The van der Waals surface area contributed by atoms with Crippen LogP contribution < -0.4 is 9.46 Å². The van der Waals surface area contributed by atoms with Crippen LogP contribution in [0.1, 0.15) is 16.7 Å². The van der Waals surface area contributed by atoms with Gasteiger partial charge < -0.3 is 4.74 Å². The molecule has 0 aromatic heterocycles. The molecule has 3 rings (SSSR count). The second kappa shape index (κ2) is 8.63. The molecule has 1 N–H and O–H groups in total. The number of benzene rings is 3. The average molecular weight is 404 g/mol. The summed E-state index contributed by atoms with van der Waals surface area (Å²) in [5.74, 6) is 0.693. The molecule has 0 fully saturated rings. The molecule has 0 saturated carbocycles. The zero-order valence-corrected chi connectivity index (χ0v) is 16.9. The van der Waals surface area contributed by atoms with Crippen LogP contribution in [0.4, 0.5) is 5.69 Å². The number of hydrogen-bond donors (Lipinski definition) is 1. The summed E-state index contributed by atoms with van der Waals surface area (Å²) in [6.07, 6.45) is 1.40. The van der Waals surface area contributed by atoms with E-state index in [9.17, 15) is 13.7 Å². The van der Waals surface area contributed by atoms with Gasteiger partial charge in [-0.15, -0.1) is 0 Å². The fraction of sp³-hybridized carbons (Fsp3) is 0.0870. The number of anilines is 1. The largest absolute Gasteiger partial charge is 0.497 e. The van der Waals surface area contributed by atoms with Gasteiger partial charge in [-0.3, -0.25) is 4.72 Å². The highest BCUT2D eigenvalue weighted by Crippen LogP contribution is 2.31.